The number of furan rings is 1. The van der Waals surface area contributed by atoms with E-state index in [1.54, 1.807) is 15.7 Å². The van der Waals surface area contributed by atoms with Crippen molar-refractivity contribution in [3.8, 4) is 39.1 Å². The molecular formula is C46H37B7N2O2. The maximum Gasteiger partial charge on any atom is 0.141 e. The SMILES string of the molecule is Bc1c(B)c(B)c(-c2ccc3c(-c4ccc(-n5c(C(B)(B)O)nc6ccccc65)cc4)c4ccccc4c(-c4cccc5oc6ccccc6c45)c3c2)c(B)c1B. The van der Waals surface area contributed by atoms with E-state index in [-0.39, 0.29) is 0 Å². The fraction of sp³-hybridized carbons (Fsp3) is 0.0217. The standard InChI is InChI=1S/C46H37B7N2O2/c47-40-37(41(48)43(50)44(51)42(40)49)24-18-21-28-31(22-24)38(30-11-7-15-35-39(30)29-10-3-6-14-34(29)57-35)27-9-2-1-8-26(27)36(28)23-16-19-25(20-17-23)55-33-13-5-4-12-32(33)54-45(55)46(52,53)56/h1-22,56H,47-53H2. The summed E-state index contributed by atoms with van der Waals surface area (Å²) < 4.78 is 8.55. The van der Waals surface area contributed by atoms with E-state index in [0.717, 1.165) is 49.8 Å². The Morgan fingerprint density at radius 2 is 1.09 bits per heavy atom. The molecule has 2 aromatic heterocycles. The first-order valence-corrected chi connectivity index (χ1v) is 19.8. The van der Waals surface area contributed by atoms with Crippen LogP contribution in [0.15, 0.2) is 138 Å². The molecule has 0 amide bonds. The zero-order valence-electron chi connectivity index (χ0n) is 33.5. The number of aliphatic hydroxyl groups is 1. The van der Waals surface area contributed by atoms with E-state index >= 15 is 0 Å². The lowest BCUT2D eigenvalue weighted by molar-refractivity contribution is 0.205. The Hall–Kier alpha value is -6.04. The first-order valence-electron chi connectivity index (χ1n) is 19.8. The predicted octanol–water partition coefficient (Wildman–Crippen LogP) is 0.893. The third-order valence-electron chi connectivity index (χ3n) is 12.5. The Morgan fingerprint density at radius 3 is 1.81 bits per heavy atom. The highest BCUT2D eigenvalue weighted by Crippen LogP contribution is 2.47. The van der Waals surface area contributed by atoms with Gasteiger partial charge in [-0.3, -0.25) is 4.57 Å². The number of hydrogen-bond donors (Lipinski definition) is 1. The Bertz CT molecular complexity index is 3260. The van der Waals surface area contributed by atoms with Gasteiger partial charge in [0.25, 0.3) is 0 Å². The number of fused-ring (bicyclic) bond motifs is 6. The topological polar surface area (TPSA) is 51.2 Å². The maximum absolute atomic E-state index is 11.2. The van der Waals surface area contributed by atoms with Gasteiger partial charge in [0.15, 0.2) is 0 Å². The van der Waals surface area contributed by atoms with Gasteiger partial charge in [0, 0.05) is 16.5 Å². The summed E-state index contributed by atoms with van der Waals surface area (Å²) in [5.74, 6) is 0.609. The first kappa shape index (κ1) is 35.4. The molecule has 1 N–H and O–H groups in total. The van der Waals surface area contributed by atoms with E-state index in [9.17, 15) is 5.11 Å². The molecule has 0 radical (unpaired) electrons. The van der Waals surface area contributed by atoms with Crippen LogP contribution in [0.4, 0.5) is 0 Å². The van der Waals surface area contributed by atoms with Crippen LogP contribution in [-0.2, 0) is 5.40 Å². The van der Waals surface area contributed by atoms with Crippen molar-refractivity contribution in [2.75, 3.05) is 0 Å². The van der Waals surface area contributed by atoms with Gasteiger partial charge in [0.1, 0.15) is 71.9 Å². The second kappa shape index (κ2) is 13.0. The summed E-state index contributed by atoms with van der Waals surface area (Å²) in [6.45, 7) is 0. The highest BCUT2D eigenvalue weighted by atomic mass is 16.3. The zero-order valence-corrected chi connectivity index (χ0v) is 33.5. The summed E-state index contributed by atoms with van der Waals surface area (Å²) in [4.78, 5) is 4.87. The number of nitrogens with zero attached hydrogens (tertiary/aromatic N) is 2. The molecule has 264 valence electrons. The molecule has 0 fully saturated rings. The van der Waals surface area contributed by atoms with Crippen LogP contribution in [-0.4, -0.2) is 69.6 Å². The molecule has 0 spiro atoms. The molecular weight excluding hydrogens is 688 g/mol. The Balaban J connectivity index is 1.29. The zero-order chi connectivity index (χ0) is 39.3. The van der Waals surface area contributed by atoms with Gasteiger partial charge in [0.2, 0.25) is 0 Å². The Morgan fingerprint density at radius 1 is 0.509 bits per heavy atom. The van der Waals surface area contributed by atoms with Gasteiger partial charge in [-0.2, -0.15) is 0 Å². The van der Waals surface area contributed by atoms with Crippen molar-refractivity contribution in [1.82, 2.24) is 9.55 Å². The largest absolute Gasteiger partial charge is 0.456 e. The summed E-state index contributed by atoms with van der Waals surface area (Å²) in [7, 11) is 14.9. The number of para-hydroxylation sites is 3. The molecule has 0 saturated heterocycles. The molecule has 10 rings (SSSR count). The van der Waals surface area contributed by atoms with Gasteiger partial charge in [-0.15, -0.1) is 16.4 Å². The summed E-state index contributed by atoms with van der Waals surface area (Å²) in [6.07, 6.45) is 0. The van der Waals surface area contributed by atoms with Crippen molar-refractivity contribution in [3.63, 3.8) is 0 Å². The quantitative estimate of drug-likeness (QED) is 0.212. The molecule has 0 saturated carbocycles. The molecule has 11 heteroatoms. The van der Waals surface area contributed by atoms with Gasteiger partial charge in [-0.1, -0.05) is 102 Å². The fourth-order valence-corrected chi connectivity index (χ4v) is 9.33. The second-order valence-corrected chi connectivity index (χ2v) is 16.2. The van der Waals surface area contributed by atoms with E-state index in [2.05, 4.69) is 153 Å². The molecule has 4 nitrogen and oxygen atoms in total. The summed E-state index contributed by atoms with van der Waals surface area (Å²) in [6, 6.07) is 47.6. The van der Waals surface area contributed by atoms with Gasteiger partial charge < -0.3 is 9.52 Å². The number of imidazole rings is 1. The van der Waals surface area contributed by atoms with Gasteiger partial charge in [-0.05, 0) is 97.4 Å². The van der Waals surface area contributed by atoms with Gasteiger partial charge >= 0.3 is 0 Å². The summed E-state index contributed by atoms with van der Waals surface area (Å²) in [5.41, 5.74) is 18.5. The van der Waals surface area contributed by atoms with Crippen LogP contribution in [0.1, 0.15) is 5.82 Å². The highest BCUT2D eigenvalue weighted by molar-refractivity contribution is 6.68. The first-order chi connectivity index (χ1) is 27.5. The van der Waals surface area contributed by atoms with E-state index in [1.165, 1.54) is 71.1 Å². The maximum atomic E-state index is 11.2. The normalized spacial score (nSPS) is 12.1. The van der Waals surface area contributed by atoms with E-state index < -0.39 is 5.40 Å². The lowest BCUT2D eigenvalue weighted by Gasteiger charge is -2.23. The van der Waals surface area contributed by atoms with Crippen molar-refractivity contribution in [1.29, 1.82) is 0 Å². The Kier molecular flexibility index (Phi) is 8.07. The molecule has 0 atom stereocenters. The molecule has 57 heavy (non-hydrogen) atoms. The molecule has 0 aliphatic rings. The van der Waals surface area contributed by atoms with Gasteiger partial charge in [0.05, 0.1) is 16.4 Å². The Labute approximate surface area is 338 Å². The van der Waals surface area contributed by atoms with Crippen molar-refractivity contribution in [2.45, 2.75) is 5.40 Å². The van der Waals surface area contributed by atoms with Crippen molar-refractivity contribution >= 4 is 137 Å². The highest BCUT2D eigenvalue weighted by Gasteiger charge is 2.26. The predicted molar refractivity (Wildman–Crippen MR) is 262 cm³/mol. The molecule has 2 heterocycles. The lowest BCUT2D eigenvalue weighted by Crippen LogP contribution is -2.55. The van der Waals surface area contributed by atoms with Crippen LogP contribution in [0.2, 0.25) is 0 Å². The van der Waals surface area contributed by atoms with Crippen LogP contribution in [0.25, 0.3) is 93.6 Å². The number of hydrogen-bond acceptors (Lipinski definition) is 3. The van der Waals surface area contributed by atoms with Crippen LogP contribution in [0.3, 0.4) is 0 Å². The smallest absolute Gasteiger partial charge is 0.141 e. The van der Waals surface area contributed by atoms with Crippen LogP contribution in [0, 0.1) is 0 Å². The summed E-state index contributed by atoms with van der Waals surface area (Å²) in [5, 5.41) is 17.1. The monoisotopic (exact) mass is 726 g/mol. The van der Waals surface area contributed by atoms with Gasteiger partial charge in [-0.25, -0.2) is 4.98 Å². The molecule has 10 aromatic rings. The third kappa shape index (κ3) is 5.40. The molecule has 0 unspecified atom stereocenters. The molecule has 0 aliphatic heterocycles. The molecule has 8 aromatic carbocycles. The van der Waals surface area contributed by atoms with Crippen molar-refractivity contribution in [3.05, 3.63) is 139 Å². The molecule has 0 aliphatic carbocycles. The average Bonchev–Trinajstić information content (AvgIpc) is 3.81. The van der Waals surface area contributed by atoms with Crippen LogP contribution >= 0.6 is 0 Å². The van der Waals surface area contributed by atoms with Crippen molar-refractivity contribution in [2.24, 2.45) is 0 Å². The van der Waals surface area contributed by atoms with E-state index in [0.29, 0.717) is 5.82 Å². The van der Waals surface area contributed by atoms with Crippen LogP contribution in [0.5, 0.6) is 0 Å². The number of benzene rings is 8. The minimum absolute atomic E-state index is 0.609. The second-order valence-electron chi connectivity index (χ2n) is 16.2. The third-order valence-corrected chi connectivity index (χ3v) is 12.5. The minimum atomic E-state index is -1.13. The van der Waals surface area contributed by atoms with Crippen molar-refractivity contribution < 1.29 is 9.52 Å². The van der Waals surface area contributed by atoms with E-state index in [1.807, 2.05) is 24.3 Å². The van der Waals surface area contributed by atoms with Crippen LogP contribution < -0.4 is 27.3 Å². The average molecular weight is 725 g/mol. The molecule has 0 bridgehead atoms. The number of aromatic nitrogens is 2. The fourth-order valence-electron chi connectivity index (χ4n) is 9.33. The lowest BCUT2D eigenvalue weighted by atomic mass is 9.59. The summed E-state index contributed by atoms with van der Waals surface area (Å²) >= 11 is 0. The number of rotatable bonds is 5. The minimum Gasteiger partial charge on any atom is -0.456 e. The van der Waals surface area contributed by atoms with E-state index in [4.69, 9.17) is 9.40 Å².